The van der Waals surface area contributed by atoms with Crippen LogP contribution in [-0.4, -0.2) is 30.2 Å². The molecule has 0 radical (unpaired) electrons. The van der Waals surface area contributed by atoms with Crippen molar-refractivity contribution in [3.63, 3.8) is 0 Å². The summed E-state index contributed by atoms with van der Waals surface area (Å²) in [5, 5.41) is 0. The second kappa shape index (κ2) is 6.07. The first-order valence-electron chi connectivity index (χ1n) is 7.40. The van der Waals surface area contributed by atoms with Crippen LogP contribution in [0.5, 0.6) is 0 Å². The molecule has 118 valence electrons. The van der Waals surface area contributed by atoms with Crippen molar-refractivity contribution in [1.29, 1.82) is 0 Å². The summed E-state index contributed by atoms with van der Waals surface area (Å²) in [7, 11) is 0. The van der Waals surface area contributed by atoms with Gasteiger partial charge in [-0.05, 0) is 53.1 Å². The molecule has 0 aliphatic rings. The van der Waals surface area contributed by atoms with E-state index in [2.05, 4.69) is 9.97 Å². The second-order valence-corrected chi connectivity index (χ2v) is 6.73. The lowest BCUT2D eigenvalue weighted by atomic mass is 10.0. The van der Waals surface area contributed by atoms with E-state index < -0.39 is 11.2 Å². The molecular formula is C18H14N4OS. The number of fused-ring (bicyclic) bond motifs is 1. The molecule has 0 aliphatic heterocycles. The SMILES string of the molecule is C[S+]([O-])c1ccc(-c2nc3nccn3cc2-c2ccncc2)cc1. The van der Waals surface area contributed by atoms with Crippen molar-refractivity contribution in [2.45, 2.75) is 4.90 Å². The van der Waals surface area contributed by atoms with Crippen LogP contribution in [0.25, 0.3) is 28.2 Å². The van der Waals surface area contributed by atoms with Crippen LogP contribution in [0.15, 0.2) is 72.3 Å². The minimum atomic E-state index is -0.996. The van der Waals surface area contributed by atoms with Gasteiger partial charge in [-0.25, -0.2) is 9.97 Å². The van der Waals surface area contributed by atoms with E-state index in [4.69, 9.17) is 4.98 Å². The first-order valence-corrected chi connectivity index (χ1v) is 8.96. The monoisotopic (exact) mass is 334 g/mol. The Morgan fingerprint density at radius 1 is 0.958 bits per heavy atom. The molecule has 0 fully saturated rings. The predicted octanol–water partition coefficient (Wildman–Crippen LogP) is 3.20. The molecule has 0 saturated heterocycles. The Hall–Kier alpha value is -2.70. The molecule has 1 unspecified atom stereocenters. The summed E-state index contributed by atoms with van der Waals surface area (Å²) in [5.41, 5.74) is 3.83. The van der Waals surface area contributed by atoms with E-state index in [0.717, 1.165) is 27.3 Å². The molecule has 0 N–H and O–H groups in total. The zero-order valence-corrected chi connectivity index (χ0v) is 13.8. The van der Waals surface area contributed by atoms with Crippen LogP contribution in [0, 0.1) is 0 Å². The molecule has 0 amide bonds. The van der Waals surface area contributed by atoms with Gasteiger partial charge in [0, 0.05) is 42.1 Å². The van der Waals surface area contributed by atoms with Gasteiger partial charge < -0.3 is 4.55 Å². The number of imidazole rings is 1. The summed E-state index contributed by atoms with van der Waals surface area (Å²) in [5.74, 6) is 0.644. The van der Waals surface area contributed by atoms with Gasteiger partial charge in [0.25, 0.3) is 0 Å². The third-order valence-electron chi connectivity index (χ3n) is 3.83. The van der Waals surface area contributed by atoms with E-state index in [-0.39, 0.29) is 0 Å². The highest BCUT2D eigenvalue weighted by atomic mass is 32.2. The summed E-state index contributed by atoms with van der Waals surface area (Å²) in [6.45, 7) is 0. The number of benzene rings is 1. The number of hydrogen-bond acceptors (Lipinski definition) is 4. The van der Waals surface area contributed by atoms with Crippen molar-refractivity contribution < 1.29 is 4.55 Å². The second-order valence-electron chi connectivity index (χ2n) is 5.35. The van der Waals surface area contributed by atoms with E-state index in [9.17, 15) is 4.55 Å². The topological polar surface area (TPSA) is 66.1 Å². The van der Waals surface area contributed by atoms with Gasteiger partial charge in [-0.1, -0.05) is 0 Å². The van der Waals surface area contributed by atoms with Crippen LogP contribution >= 0.6 is 0 Å². The Morgan fingerprint density at radius 2 is 1.71 bits per heavy atom. The van der Waals surface area contributed by atoms with Gasteiger partial charge in [0.1, 0.15) is 6.26 Å². The highest BCUT2D eigenvalue weighted by molar-refractivity contribution is 7.90. The normalized spacial score (nSPS) is 12.4. The zero-order valence-electron chi connectivity index (χ0n) is 13.0. The summed E-state index contributed by atoms with van der Waals surface area (Å²) >= 11 is -0.996. The van der Waals surface area contributed by atoms with Gasteiger partial charge in [-0.15, -0.1) is 0 Å². The largest absolute Gasteiger partial charge is 0.612 e. The lowest BCUT2D eigenvalue weighted by Gasteiger charge is -2.11. The summed E-state index contributed by atoms with van der Waals surface area (Å²) in [4.78, 5) is 13.9. The van der Waals surface area contributed by atoms with Crippen LogP contribution in [-0.2, 0) is 11.2 Å². The van der Waals surface area contributed by atoms with Crippen molar-refractivity contribution in [2.24, 2.45) is 0 Å². The van der Waals surface area contributed by atoms with Gasteiger partial charge in [0.2, 0.25) is 5.78 Å². The summed E-state index contributed by atoms with van der Waals surface area (Å²) in [6, 6.07) is 11.6. The standard InChI is InChI=1S/C18H14N4OS/c1-24(23)15-4-2-14(3-5-15)17-16(13-6-8-19-9-7-13)12-22-11-10-20-18(22)21-17/h2-12H,1H3. The maximum absolute atomic E-state index is 11.6. The lowest BCUT2D eigenvalue weighted by molar-refractivity contribution is 0.601. The van der Waals surface area contributed by atoms with Crippen molar-refractivity contribution in [3.8, 4) is 22.4 Å². The van der Waals surface area contributed by atoms with Gasteiger partial charge in [0.05, 0.1) is 5.69 Å². The molecular weight excluding hydrogens is 320 g/mol. The van der Waals surface area contributed by atoms with E-state index in [1.165, 1.54) is 0 Å². The molecule has 6 heteroatoms. The first kappa shape index (κ1) is 14.9. The molecule has 0 bridgehead atoms. The van der Waals surface area contributed by atoms with Crippen molar-refractivity contribution in [2.75, 3.05) is 6.26 Å². The molecule has 0 spiro atoms. The van der Waals surface area contributed by atoms with E-state index in [1.54, 1.807) is 24.8 Å². The fourth-order valence-electron chi connectivity index (χ4n) is 2.62. The van der Waals surface area contributed by atoms with Gasteiger partial charge in [0.15, 0.2) is 4.90 Å². The smallest absolute Gasteiger partial charge is 0.234 e. The zero-order chi connectivity index (χ0) is 16.5. The summed E-state index contributed by atoms with van der Waals surface area (Å²) < 4.78 is 13.5. The first-order chi connectivity index (χ1) is 11.7. The maximum atomic E-state index is 11.6. The number of rotatable bonds is 3. The molecule has 0 saturated carbocycles. The fraction of sp³-hybridized carbons (Fsp3) is 0.0556. The Balaban J connectivity index is 1.92. The number of pyridine rings is 1. The molecule has 24 heavy (non-hydrogen) atoms. The van der Waals surface area contributed by atoms with Crippen molar-refractivity contribution in [3.05, 3.63) is 67.4 Å². The van der Waals surface area contributed by atoms with Gasteiger partial charge in [-0.2, -0.15) is 0 Å². The van der Waals surface area contributed by atoms with Crippen molar-refractivity contribution >= 4 is 17.0 Å². The predicted molar refractivity (Wildman–Crippen MR) is 94.0 cm³/mol. The van der Waals surface area contributed by atoms with Gasteiger partial charge in [-0.3, -0.25) is 9.38 Å². The van der Waals surface area contributed by atoms with Crippen LogP contribution < -0.4 is 0 Å². The quantitative estimate of drug-likeness (QED) is 0.540. The Morgan fingerprint density at radius 3 is 2.42 bits per heavy atom. The van der Waals surface area contributed by atoms with Crippen LogP contribution in [0.2, 0.25) is 0 Å². The van der Waals surface area contributed by atoms with Crippen molar-refractivity contribution in [1.82, 2.24) is 19.4 Å². The molecule has 1 atom stereocenters. The molecule has 4 aromatic rings. The van der Waals surface area contributed by atoms with Gasteiger partial charge >= 0.3 is 0 Å². The van der Waals surface area contributed by atoms with E-state index in [1.807, 2.05) is 53.2 Å². The Kier molecular flexibility index (Phi) is 3.76. The van der Waals surface area contributed by atoms with Crippen LogP contribution in [0.4, 0.5) is 0 Å². The molecule has 5 nitrogen and oxygen atoms in total. The number of hydrogen-bond donors (Lipinski definition) is 0. The molecule has 3 aromatic heterocycles. The van der Waals surface area contributed by atoms with E-state index in [0.29, 0.717) is 5.78 Å². The maximum Gasteiger partial charge on any atom is 0.234 e. The number of aromatic nitrogens is 4. The minimum absolute atomic E-state index is 0.644. The Bertz CT molecular complexity index is 981. The van der Waals surface area contributed by atoms with Crippen LogP contribution in [0.1, 0.15) is 0 Å². The average Bonchev–Trinajstić information content (AvgIpc) is 3.09. The molecule has 0 aliphatic carbocycles. The highest BCUT2D eigenvalue weighted by Gasteiger charge is 2.13. The Labute approximate surface area is 142 Å². The fourth-order valence-corrected chi connectivity index (χ4v) is 3.14. The molecule has 3 heterocycles. The van der Waals surface area contributed by atoms with E-state index >= 15 is 0 Å². The lowest BCUT2D eigenvalue weighted by Crippen LogP contribution is -1.98. The third kappa shape index (κ3) is 2.66. The number of nitrogens with zero attached hydrogens (tertiary/aromatic N) is 4. The van der Waals surface area contributed by atoms with Crippen LogP contribution in [0.3, 0.4) is 0 Å². The average molecular weight is 334 g/mol. The highest BCUT2D eigenvalue weighted by Crippen LogP contribution is 2.31. The molecule has 4 rings (SSSR count). The molecule has 1 aromatic carbocycles. The third-order valence-corrected chi connectivity index (χ3v) is 4.77. The minimum Gasteiger partial charge on any atom is -0.612 e. The summed E-state index contributed by atoms with van der Waals surface area (Å²) in [6.07, 6.45) is 10.8.